The summed E-state index contributed by atoms with van der Waals surface area (Å²) in [6.45, 7) is 2.99. The largest absolute Gasteiger partial charge is 0.496 e. The third kappa shape index (κ3) is 4.95. The molecular formula is C23H27N3O2S. The van der Waals surface area contributed by atoms with Crippen LogP contribution in [-0.2, 0) is 11.2 Å². The average molecular weight is 410 g/mol. The first kappa shape index (κ1) is 19.9. The monoisotopic (exact) mass is 409 g/mol. The zero-order valence-corrected chi connectivity index (χ0v) is 17.6. The molecule has 1 amide bonds. The highest BCUT2D eigenvalue weighted by atomic mass is 32.1. The standard InChI is InChI=1S/C23H27N3O2S/c1-28-20-8-4-2-6-17(20)10-13-24-22(27)16-26-14-11-18(12-15-26)23-25-19-7-3-5-9-21(19)29-23/h2-9,18H,10-16H2,1H3,(H,24,27). The summed E-state index contributed by atoms with van der Waals surface area (Å²) >= 11 is 1.81. The van der Waals surface area contributed by atoms with Gasteiger partial charge in [0.2, 0.25) is 5.91 Å². The fraction of sp³-hybridized carbons (Fsp3) is 0.391. The molecule has 1 aliphatic heterocycles. The SMILES string of the molecule is COc1ccccc1CCNC(=O)CN1CCC(c2nc3ccccc3s2)CC1. The van der Waals surface area contributed by atoms with E-state index in [9.17, 15) is 4.79 Å². The van der Waals surface area contributed by atoms with Gasteiger partial charge in [-0.1, -0.05) is 30.3 Å². The van der Waals surface area contributed by atoms with Crippen LogP contribution in [0.2, 0.25) is 0 Å². The lowest BCUT2D eigenvalue weighted by atomic mass is 9.97. The third-order valence-corrected chi connectivity index (χ3v) is 6.72. The van der Waals surface area contributed by atoms with Gasteiger partial charge in [0.05, 0.1) is 28.9 Å². The van der Waals surface area contributed by atoms with Gasteiger partial charge in [-0.2, -0.15) is 0 Å². The number of nitrogens with one attached hydrogen (secondary N) is 1. The number of carbonyl (C=O) groups is 1. The number of ether oxygens (including phenoxy) is 1. The Bertz CT molecular complexity index is 930. The highest BCUT2D eigenvalue weighted by Crippen LogP contribution is 2.33. The summed E-state index contributed by atoms with van der Waals surface area (Å²) in [5, 5.41) is 4.29. The van der Waals surface area contributed by atoms with E-state index in [4.69, 9.17) is 9.72 Å². The molecule has 4 rings (SSSR count). The second kappa shape index (κ2) is 9.37. The van der Waals surface area contributed by atoms with Crippen molar-refractivity contribution in [1.82, 2.24) is 15.2 Å². The van der Waals surface area contributed by atoms with Crippen molar-refractivity contribution in [3.63, 3.8) is 0 Å². The molecule has 1 saturated heterocycles. The minimum Gasteiger partial charge on any atom is -0.496 e. The molecule has 0 spiro atoms. The molecule has 152 valence electrons. The topological polar surface area (TPSA) is 54.5 Å². The van der Waals surface area contributed by atoms with E-state index in [-0.39, 0.29) is 5.91 Å². The molecule has 0 saturated carbocycles. The number of nitrogens with zero attached hydrogens (tertiary/aromatic N) is 2. The van der Waals surface area contributed by atoms with Crippen molar-refractivity contribution < 1.29 is 9.53 Å². The quantitative estimate of drug-likeness (QED) is 0.644. The van der Waals surface area contributed by atoms with Crippen LogP contribution in [0.3, 0.4) is 0 Å². The van der Waals surface area contributed by atoms with Crippen molar-refractivity contribution in [1.29, 1.82) is 0 Å². The van der Waals surface area contributed by atoms with E-state index < -0.39 is 0 Å². The van der Waals surface area contributed by atoms with Crippen LogP contribution < -0.4 is 10.1 Å². The zero-order valence-electron chi connectivity index (χ0n) is 16.8. The van der Waals surface area contributed by atoms with Gasteiger partial charge in [-0.25, -0.2) is 4.98 Å². The third-order valence-electron chi connectivity index (χ3n) is 5.52. The summed E-state index contributed by atoms with van der Waals surface area (Å²) in [5.74, 6) is 1.48. The number of benzene rings is 2. The predicted molar refractivity (Wildman–Crippen MR) is 118 cm³/mol. The van der Waals surface area contributed by atoms with Gasteiger partial charge in [0.1, 0.15) is 5.75 Å². The summed E-state index contributed by atoms with van der Waals surface area (Å²) < 4.78 is 6.63. The van der Waals surface area contributed by atoms with E-state index in [1.165, 1.54) is 9.71 Å². The van der Waals surface area contributed by atoms with Crippen LogP contribution >= 0.6 is 11.3 Å². The van der Waals surface area contributed by atoms with Crippen molar-refractivity contribution in [2.24, 2.45) is 0 Å². The molecule has 29 heavy (non-hydrogen) atoms. The number of rotatable bonds is 7. The molecule has 2 aromatic carbocycles. The number of methoxy groups -OCH3 is 1. The molecule has 1 N–H and O–H groups in total. The molecule has 1 aromatic heterocycles. The highest BCUT2D eigenvalue weighted by molar-refractivity contribution is 7.18. The number of piperidine rings is 1. The lowest BCUT2D eigenvalue weighted by Crippen LogP contribution is -2.41. The van der Waals surface area contributed by atoms with Gasteiger partial charge in [-0.15, -0.1) is 11.3 Å². The van der Waals surface area contributed by atoms with Crippen molar-refractivity contribution in [2.45, 2.75) is 25.2 Å². The van der Waals surface area contributed by atoms with Crippen LogP contribution in [0.15, 0.2) is 48.5 Å². The minimum absolute atomic E-state index is 0.0957. The van der Waals surface area contributed by atoms with Gasteiger partial charge in [0, 0.05) is 12.5 Å². The fourth-order valence-electron chi connectivity index (χ4n) is 3.91. The lowest BCUT2D eigenvalue weighted by Gasteiger charge is -2.30. The number of fused-ring (bicyclic) bond motifs is 1. The smallest absolute Gasteiger partial charge is 0.234 e. The number of hydrogen-bond donors (Lipinski definition) is 1. The molecular weight excluding hydrogens is 382 g/mol. The average Bonchev–Trinajstić information content (AvgIpc) is 3.19. The normalized spacial score (nSPS) is 15.5. The molecule has 6 heteroatoms. The molecule has 0 bridgehead atoms. The van der Waals surface area contributed by atoms with Crippen LogP contribution in [0, 0.1) is 0 Å². The van der Waals surface area contributed by atoms with Gasteiger partial charge in [-0.05, 0) is 56.1 Å². The maximum Gasteiger partial charge on any atom is 0.234 e. The molecule has 0 radical (unpaired) electrons. The number of hydrogen-bond acceptors (Lipinski definition) is 5. The first-order chi connectivity index (χ1) is 14.2. The Morgan fingerprint density at radius 2 is 1.93 bits per heavy atom. The molecule has 1 fully saturated rings. The van der Waals surface area contributed by atoms with Crippen LogP contribution in [0.1, 0.15) is 29.3 Å². The highest BCUT2D eigenvalue weighted by Gasteiger charge is 2.24. The summed E-state index contributed by atoms with van der Waals surface area (Å²) in [7, 11) is 1.68. The Labute approximate surface area is 175 Å². The van der Waals surface area contributed by atoms with Crippen LogP contribution in [-0.4, -0.2) is 49.1 Å². The van der Waals surface area contributed by atoms with E-state index in [1.807, 2.05) is 41.7 Å². The van der Waals surface area contributed by atoms with E-state index in [0.29, 0.717) is 19.0 Å². The Hall–Kier alpha value is -2.44. The van der Waals surface area contributed by atoms with Gasteiger partial charge in [0.15, 0.2) is 0 Å². The Morgan fingerprint density at radius 1 is 1.17 bits per heavy atom. The first-order valence-corrected chi connectivity index (χ1v) is 11.0. The van der Waals surface area contributed by atoms with Gasteiger partial charge < -0.3 is 10.1 Å². The van der Waals surface area contributed by atoms with Crippen LogP contribution in [0.5, 0.6) is 5.75 Å². The fourth-order valence-corrected chi connectivity index (χ4v) is 5.04. The zero-order chi connectivity index (χ0) is 20.1. The summed E-state index contributed by atoms with van der Waals surface area (Å²) in [4.78, 5) is 19.4. The summed E-state index contributed by atoms with van der Waals surface area (Å²) in [6.07, 6.45) is 2.90. The molecule has 3 aromatic rings. The molecule has 0 unspecified atom stereocenters. The summed E-state index contributed by atoms with van der Waals surface area (Å²) in [5.41, 5.74) is 2.22. The van der Waals surface area contributed by atoms with E-state index in [1.54, 1.807) is 7.11 Å². The number of thiazole rings is 1. The Morgan fingerprint density at radius 3 is 2.72 bits per heavy atom. The number of carbonyl (C=O) groups excluding carboxylic acids is 1. The van der Waals surface area contributed by atoms with Crippen LogP contribution in [0.25, 0.3) is 10.2 Å². The number of likely N-dealkylation sites (tertiary alicyclic amines) is 1. The molecule has 1 aliphatic rings. The first-order valence-electron chi connectivity index (χ1n) is 10.2. The molecule has 0 atom stereocenters. The van der Waals surface area contributed by atoms with Crippen molar-refractivity contribution in [2.75, 3.05) is 33.3 Å². The molecule has 2 heterocycles. The number of aromatic nitrogens is 1. The van der Waals surface area contributed by atoms with Gasteiger partial charge >= 0.3 is 0 Å². The van der Waals surface area contributed by atoms with Crippen molar-refractivity contribution >= 4 is 27.5 Å². The summed E-state index contributed by atoms with van der Waals surface area (Å²) in [6, 6.07) is 16.3. The molecule has 5 nitrogen and oxygen atoms in total. The second-order valence-corrected chi connectivity index (χ2v) is 8.54. The number of para-hydroxylation sites is 2. The van der Waals surface area contributed by atoms with E-state index in [2.05, 4.69) is 28.4 Å². The van der Waals surface area contributed by atoms with Crippen LogP contribution in [0.4, 0.5) is 0 Å². The van der Waals surface area contributed by atoms with E-state index in [0.717, 1.165) is 49.2 Å². The van der Waals surface area contributed by atoms with Crippen molar-refractivity contribution in [3.05, 3.63) is 59.1 Å². The predicted octanol–water partition coefficient (Wildman–Crippen LogP) is 3.84. The van der Waals surface area contributed by atoms with Crippen molar-refractivity contribution in [3.8, 4) is 5.75 Å². The second-order valence-electron chi connectivity index (χ2n) is 7.48. The Kier molecular flexibility index (Phi) is 6.42. The van der Waals surface area contributed by atoms with Gasteiger partial charge in [0.25, 0.3) is 0 Å². The maximum absolute atomic E-state index is 12.3. The Balaban J connectivity index is 1.21. The maximum atomic E-state index is 12.3. The molecule has 0 aliphatic carbocycles. The van der Waals surface area contributed by atoms with Gasteiger partial charge in [-0.3, -0.25) is 9.69 Å². The minimum atomic E-state index is 0.0957. The lowest BCUT2D eigenvalue weighted by molar-refractivity contribution is -0.122. The van der Waals surface area contributed by atoms with E-state index >= 15 is 0 Å². The number of amides is 1.